The maximum Gasteiger partial charge on any atom is 0.311 e. The fourth-order valence-electron chi connectivity index (χ4n) is 3.95. The summed E-state index contributed by atoms with van der Waals surface area (Å²) >= 11 is 0. The highest BCUT2D eigenvalue weighted by atomic mass is 16.9. The molecule has 2 aliphatic heterocycles. The number of β-lactam (4-membered cyclic amide) rings is 1. The van der Waals surface area contributed by atoms with Crippen LogP contribution in [0.25, 0.3) is 0 Å². The predicted molar refractivity (Wildman–Crippen MR) is 123 cm³/mol. The number of ether oxygens (including phenoxy) is 4. The molecule has 2 aromatic rings. The Hall–Kier alpha value is -3.87. The van der Waals surface area contributed by atoms with Crippen LogP contribution >= 0.6 is 0 Å². The first-order chi connectivity index (χ1) is 17.0. The van der Waals surface area contributed by atoms with Gasteiger partial charge in [-0.25, -0.2) is 0 Å². The molecule has 0 spiro atoms. The van der Waals surface area contributed by atoms with Crippen LogP contribution in [0, 0.1) is 12.3 Å². The number of likely N-dealkylation sites (tertiary alicyclic amines) is 1. The van der Waals surface area contributed by atoms with E-state index < -0.39 is 42.1 Å². The Morgan fingerprint density at radius 1 is 1.11 bits per heavy atom. The first kappa shape index (κ1) is 24.3. The summed E-state index contributed by atoms with van der Waals surface area (Å²) < 4.78 is 22.3. The van der Waals surface area contributed by atoms with E-state index in [2.05, 4.69) is 11.2 Å². The molecule has 182 valence electrons. The Morgan fingerprint density at radius 3 is 2.40 bits per heavy atom. The molecule has 2 aromatic carbocycles. The molecule has 9 heteroatoms. The molecule has 4 rings (SSSR count). The molecular formula is C26H26N2O7. The number of nitrogens with zero attached hydrogens (tertiary/aromatic N) is 1. The highest BCUT2D eigenvalue weighted by Gasteiger charge is 2.63. The van der Waals surface area contributed by atoms with E-state index in [1.165, 1.54) is 4.90 Å². The summed E-state index contributed by atoms with van der Waals surface area (Å²) in [5.41, 5.74) is 0.865. The molecule has 2 heterocycles. The highest BCUT2D eigenvalue weighted by molar-refractivity contribution is 5.95. The number of nitrogens with one attached hydrogen (secondary N) is 1. The van der Waals surface area contributed by atoms with Crippen LogP contribution < -0.4 is 10.1 Å². The summed E-state index contributed by atoms with van der Waals surface area (Å²) in [5, 5.41) is 2.60. The molecule has 2 fully saturated rings. The van der Waals surface area contributed by atoms with Crippen molar-refractivity contribution in [3.63, 3.8) is 0 Å². The smallest absolute Gasteiger partial charge is 0.311 e. The van der Waals surface area contributed by atoms with Crippen LogP contribution in [-0.2, 0) is 35.2 Å². The normalized spacial score (nSPS) is 25.0. The maximum atomic E-state index is 12.9. The highest BCUT2D eigenvalue weighted by Crippen LogP contribution is 2.43. The molecule has 2 atom stereocenters. The minimum absolute atomic E-state index is 0.131. The molecule has 0 aliphatic carbocycles. The number of para-hydroxylation sites is 1. The van der Waals surface area contributed by atoms with Crippen LogP contribution in [0.3, 0.4) is 0 Å². The second-order valence-electron chi connectivity index (χ2n) is 8.05. The average molecular weight is 479 g/mol. The Balaban J connectivity index is 1.26. The number of amides is 2. The van der Waals surface area contributed by atoms with Crippen molar-refractivity contribution in [1.29, 1.82) is 0 Å². The van der Waals surface area contributed by atoms with Crippen molar-refractivity contribution in [2.75, 3.05) is 6.61 Å². The molecule has 35 heavy (non-hydrogen) atoms. The zero-order valence-electron chi connectivity index (χ0n) is 19.2. The van der Waals surface area contributed by atoms with Crippen molar-refractivity contribution in [1.82, 2.24) is 10.2 Å². The quantitative estimate of drug-likeness (QED) is 0.316. The first-order valence-electron chi connectivity index (χ1n) is 11.3. The molecule has 2 saturated heterocycles. The SMILES string of the molecule is C#CC1C(NC(=O)COc2ccccc2)C(=O)N1C1(CC)OC(CC(=O)OCc2ccccc2)O1. The van der Waals surface area contributed by atoms with E-state index in [-0.39, 0.29) is 26.1 Å². The molecule has 2 aliphatic rings. The predicted octanol–water partition coefficient (Wildman–Crippen LogP) is 1.96. The summed E-state index contributed by atoms with van der Waals surface area (Å²) in [6.07, 6.45) is 4.93. The molecule has 9 nitrogen and oxygen atoms in total. The topological polar surface area (TPSA) is 103 Å². The van der Waals surface area contributed by atoms with Gasteiger partial charge in [0.25, 0.3) is 17.7 Å². The van der Waals surface area contributed by atoms with E-state index in [0.717, 1.165) is 5.56 Å². The van der Waals surface area contributed by atoms with Gasteiger partial charge in [0, 0.05) is 6.42 Å². The van der Waals surface area contributed by atoms with Gasteiger partial charge in [0.15, 0.2) is 12.9 Å². The van der Waals surface area contributed by atoms with Gasteiger partial charge in [0.2, 0.25) is 0 Å². The number of hydrogen-bond acceptors (Lipinski definition) is 7. The Bertz CT molecular complexity index is 1090. The molecule has 2 unspecified atom stereocenters. The van der Waals surface area contributed by atoms with Crippen molar-refractivity contribution in [3.8, 4) is 18.1 Å². The van der Waals surface area contributed by atoms with Crippen molar-refractivity contribution in [3.05, 3.63) is 66.2 Å². The van der Waals surface area contributed by atoms with Gasteiger partial charge in [0.05, 0.1) is 6.42 Å². The van der Waals surface area contributed by atoms with Gasteiger partial charge in [-0.1, -0.05) is 61.4 Å². The van der Waals surface area contributed by atoms with Crippen molar-refractivity contribution < 1.29 is 33.3 Å². The minimum atomic E-state index is -1.39. The van der Waals surface area contributed by atoms with Gasteiger partial charge in [-0.2, -0.15) is 0 Å². The fourth-order valence-corrected chi connectivity index (χ4v) is 3.95. The van der Waals surface area contributed by atoms with Crippen LogP contribution in [0.1, 0.15) is 25.3 Å². The van der Waals surface area contributed by atoms with Gasteiger partial charge in [-0.15, -0.1) is 6.42 Å². The van der Waals surface area contributed by atoms with Crippen molar-refractivity contribution >= 4 is 17.8 Å². The number of rotatable bonds is 10. The number of esters is 1. The summed E-state index contributed by atoms with van der Waals surface area (Å²) in [6, 6.07) is 16.4. The minimum Gasteiger partial charge on any atom is -0.484 e. The number of benzene rings is 2. The monoisotopic (exact) mass is 478 g/mol. The van der Waals surface area contributed by atoms with Gasteiger partial charge in [-0.3, -0.25) is 19.3 Å². The number of carbonyl (C=O) groups excluding carboxylic acids is 3. The zero-order chi connectivity index (χ0) is 24.8. The van der Waals surface area contributed by atoms with Crippen LogP contribution in [0.2, 0.25) is 0 Å². The average Bonchev–Trinajstić information content (AvgIpc) is 2.87. The Morgan fingerprint density at radius 2 is 1.77 bits per heavy atom. The first-order valence-corrected chi connectivity index (χ1v) is 11.3. The Labute approximate surface area is 203 Å². The molecule has 1 N–H and O–H groups in total. The second-order valence-corrected chi connectivity index (χ2v) is 8.05. The number of terminal acetylenes is 1. The third kappa shape index (κ3) is 5.29. The molecule has 0 saturated carbocycles. The number of carbonyl (C=O) groups is 3. The van der Waals surface area contributed by atoms with E-state index in [4.69, 9.17) is 25.4 Å². The molecule has 0 bridgehead atoms. The largest absolute Gasteiger partial charge is 0.484 e. The van der Waals surface area contributed by atoms with E-state index >= 15 is 0 Å². The maximum absolute atomic E-state index is 12.9. The van der Waals surface area contributed by atoms with Gasteiger partial charge < -0.3 is 24.3 Å². The van der Waals surface area contributed by atoms with Crippen molar-refractivity contribution in [2.24, 2.45) is 0 Å². The molecule has 0 aromatic heterocycles. The van der Waals surface area contributed by atoms with Crippen LogP contribution in [0.5, 0.6) is 5.75 Å². The fraction of sp³-hybridized carbons (Fsp3) is 0.346. The lowest BCUT2D eigenvalue weighted by Gasteiger charge is -2.59. The Kier molecular flexibility index (Phi) is 7.34. The molecule has 0 radical (unpaired) electrons. The van der Waals surface area contributed by atoms with Crippen molar-refractivity contribution in [2.45, 2.75) is 50.7 Å². The zero-order valence-corrected chi connectivity index (χ0v) is 19.2. The van der Waals surface area contributed by atoms with Crippen LogP contribution in [-0.4, -0.2) is 53.6 Å². The summed E-state index contributed by atoms with van der Waals surface area (Å²) in [6.45, 7) is 1.65. The van der Waals surface area contributed by atoms with Gasteiger partial charge in [-0.05, 0) is 17.7 Å². The standard InChI is InChI=1S/C26H26N2O7/c1-3-20-24(27-21(29)17-32-19-13-9-6-10-14-19)25(31)28(20)26(4-2)34-23(35-26)15-22(30)33-16-18-11-7-5-8-12-18/h1,5-14,20,23-24H,4,15-17H2,2H3,(H,27,29). The lowest BCUT2D eigenvalue weighted by atomic mass is 9.93. The second kappa shape index (κ2) is 10.6. The van der Waals surface area contributed by atoms with E-state index in [1.54, 1.807) is 31.2 Å². The van der Waals surface area contributed by atoms with E-state index in [1.807, 2.05) is 36.4 Å². The van der Waals surface area contributed by atoms with Gasteiger partial charge >= 0.3 is 5.97 Å². The van der Waals surface area contributed by atoms with Gasteiger partial charge in [0.1, 0.15) is 24.4 Å². The molecule has 2 amide bonds. The summed E-state index contributed by atoms with van der Waals surface area (Å²) in [7, 11) is 0. The summed E-state index contributed by atoms with van der Waals surface area (Å²) in [4.78, 5) is 38.6. The number of hydrogen-bond donors (Lipinski definition) is 1. The third-order valence-corrected chi connectivity index (χ3v) is 5.72. The lowest BCUT2D eigenvalue weighted by molar-refractivity contribution is -0.499. The van der Waals surface area contributed by atoms with Crippen LogP contribution in [0.4, 0.5) is 0 Å². The third-order valence-electron chi connectivity index (χ3n) is 5.72. The molecular weight excluding hydrogens is 452 g/mol. The van der Waals surface area contributed by atoms with E-state index in [9.17, 15) is 14.4 Å². The summed E-state index contributed by atoms with van der Waals surface area (Å²) in [5.74, 6) is 0.250. The lowest BCUT2D eigenvalue weighted by Crippen LogP contribution is -2.80. The van der Waals surface area contributed by atoms with Crippen LogP contribution in [0.15, 0.2) is 60.7 Å². The van der Waals surface area contributed by atoms with E-state index in [0.29, 0.717) is 5.75 Å².